The summed E-state index contributed by atoms with van der Waals surface area (Å²) in [4.78, 5) is 15.4. The van der Waals surface area contributed by atoms with Gasteiger partial charge in [0, 0.05) is 17.5 Å². The van der Waals surface area contributed by atoms with Gasteiger partial charge in [0.05, 0.1) is 6.10 Å². The van der Waals surface area contributed by atoms with Crippen LogP contribution in [0.15, 0.2) is 47.8 Å². The lowest BCUT2D eigenvalue weighted by molar-refractivity contribution is 0.0635. The first kappa shape index (κ1) is 18.0. The minimum absolute atomic E-state index is 0.0304. The highest BCUT2D eigenvalue weighted by atomic mass is 32.1. The Morgan fingerprint density at radius 1 is 1.20 bits per heavy atom. The molecule has 2 atom stereocenters. The fourth-order valence-corrected chi connectivity index (χ4v) is 4.04. The Morgan fingerprint density at radius 3 is 2.80 bits per heavy atom. The van der Waals surface area contributed by atoms with Gasteiger partial charge in [-0.25, -0.2) is 4.79 Å². The third-order valence-electron chi connectivity index (χ3n) is 4.68. The van der Waals surface area contributed by atoms with Crippen molar-refractivity contribution >= 4 is 17.4 Å². The second-order valence-electron chi connectivity index (χ2n) is 6.50. The van der Waals surface area contributed by atoms with Crippen LogP contribution in [0, 0.1) is 0 Å². The molecule has 1 aromatic carbocycles. The minimum atomic E-state index is -0.521. The van der Waals surface area contributed by atoms with Gasteiger partial charge < -0.3 is 14.7 Å². The highest BCUT2D eigenvalue weighted by molar-refractivity contribution is 7.10. The first-order valence-electron chi connectivity index (χ1n) is 8.93. The van der Waals surface area contributed by atoms with E-state index in [-0.39, 0.29) is 18.7 Å². The van der Waals surface area contributed by atoms with Gasteiger partial charge in [-0.3, -0.25) is 0 Å². The van der Waals surface area contributed by atoms with Crippen LogP contribution in [0.2, 0.25) is 0 Å². The zero-order valence-electron chi connectivity index (χ0n) is 14.3. The Morgan fingerprint density at radius 2 is 2.04 bits per heavy atom. The molecule has 0 aliphatic carbocycles. The molecule has 0 saturated carbocycles. The molecule has 2 heterocycles. The van der Waals surface area contributed by atoms with Gasteiger partial charge in [-0.15, -0.1) is 11.3 Å². The van der Waals surface area contributed by atoms with E-state index in [1.807, 2.05) is 52.7 Å². The van der Waals surface area contributed by atoms with E-state index in [0.29, 0.717) is 13.0 Å². The summed E-state index contributed by atoms with van der Waals surface area (Å²) >= 11 is 1.56. The van der Waals surface area contributed by atoms with Crippen molar-refractivity contribution in [2.45, 2.75) is 50.9 Å². The monoisotopic (exact) mass is 359 g/mol. The Kier molecular flexibility index (Phi) is 6.48. The first-order chi connectivity index (χ1) is 12.2. The van der Waals surface area contributed by atoms with Gasteiger partial charge in [-0.05, 0) is 36.3 Å². The summed E-state index contributed by atoms with van der Waals surface area (Å²) in [6.07, 6.45) is 3.90. The molecular weight excluding hydrogens is 334 g/mol. The van der Waals surface area contributed by atoms with Crippen LogP contribution in [0.5, 0.6) is 0 Å². The number of benzene rings is 1. The molecule has 0 spiro atoms. The molecule has 1 aromatic heterocycles. The normalized spacial score (nSPS) is 19.2. The predicted octanol–water partition coefficient (Wildman–Crippen LogP) is 4.75. The van der Waals surface area contributed by atoms with Gasteiger partial charge in [-0.1, -0.05) is 49.2 Å². The molecular formula is C20H25NO3S. The predicted molar refractivity (Wildman–Crippen MR) is 99.5 cm³/mol. The van der Waals surface area contributed by atoms with Gasteiger partial charge in [0.25, 0.3) is 0 Å². The maximum absolute atomic E-state index is 12.6. The van der Waals surface area contributed by atoms with Crippen molar-refractivity contribution in [3.63, 3.8) is 0 Å². The summed E-state index contributed by atoms with van der Waals surface area (Å²) in [5, 5.41) is 12.5. The molecule has 5 heteroatoms. The highest BCUT2D eigenvalue weighted by Crippen LogP contribution is 2.29. The van der Waals surface area contributed by atoms with Crippen LogP contribution in [-0.4, -0.2) is 28.7 Å². The number of likely N-dealkylation sites (tertiary alicyclic amines) is 1. The summed E-state index contributed by atoms with van der Waals surface area (Å²) in [7, 11) is 0. The van der Waals surface area contributed by atoms with E-state index in [1.165, 1.54) is 0 Å². The maximum Gasteiger partial charge on any atom is 0.410 e. The van der Waals surface area contributed by atoms with E-state index >= 15 is 0 Å². The van der Waals surface area contributed by atoms with Gasteiger partial charge in [0.1, 0.15) is 6.61 Å². The average Bonchev–Trinajstić information content (AvgIpc) is 3.08. The minimum Gasteiger partial charge on any atom is -0.445 e. The third-order valence-corrected chi connectivity index (χ3v) is 5.66. The van der Waals surface area contributed by atoms with E-state index in [4.69, 9.17) is 4.74 Å². The molecule has 2 aromatic rings. The molecule has 2 unspecified atom stereocenters. The molecule has 1 amide bonds. The molecule has 25 heavy (non-hydrogen) atoms. The zero-order valence-corrected chi connectivity index (χ0v) is 15.2. The van der Waals surface area contributed by atoms with Crippen LogP contribution in [-0.2, 0) is 11.3 Å². The molecule has 0 bridgehead atoms. The van der Waals surface area contributed by atoms with Crippen LogP contribution < -0.4 is 0 Å². The Labute approximate surface area is 153 Å². The van der Waals surface area contributed by atoms with E-state index in [9.17, 15) is 9.90 Å². The molecule has 1 aliphatic rings. The molecule has 1 fully saturated rings. The number of nitrogens with zero attached hydrogens (tertiary/aromatic N) is 1. The number of ether oxygens (including phenoxy) is 1. The lowest BCUT2D eigenvalue weighted by Crippen LogP contribution is -2.41. The fraction of sp³-hybridized carbons (Fsp3) is 0.450. The third kappa shape index (κ3) is 5.06. The van der Waals surface area contributed by atoms with Gasteiger partial charge in [0.2, 0.25) is 0 Å². The standard InChI is InChI=1S/C20H25NO3S/c22-18(19-11-7-13-25-19)14-17-10-5-2-6-12-21(17)20(23)24-15-16-8-3-1-4-9-16/h1,3-4,7-9,11,13,17-18,22H,2,5-6,10,12,14-15H2. The molecule has 4 nitrogen and oxygen atoms in total. The number of aliphatic hydroxyl groups is 1. The molecule has 1 saturated heterocycles. The Hall–Kier alpha value is -1.85. The SMILES string of the molecule is O=C(OCc1ccccc1)N1CCCCCC1CC(O)c1cccs1. The summed E-state index contributed by atoms with van der Waals surface area (Å²) in [6, 6.07) is 13.7. The summed E-state index contributed by atoms with van der Waals surface area (Å²) in [6.45, 7) is 0.992. The van der Waals surface area contributed by atoms with E-state index in [0.717, 1.165) is 36.1 Å². The van der Waals surface area contributed by atoms with Crippen LogP contribution >= 0.6 is 11.3 Å². The second kappa shape index (κ2) is 9.02. The van der Waals surface area contributed by atoms with Crippen LogP contribution in [0.4, 0.5) is 4.79 Å². The topological polar surface area (TPSA) is 49.8 Å². The highest BCUT2D eigenvalue weighted by Gasteiger charge is 2.29. The maximum atomic E-state index is 12.6. The lowest BCUT2D eigenvalue weighted by atomic mass is 10.0. The Balaban J connectivity index is 1.62. The Bertz CT molecular complexity index is 644. The number of aliphatic hydroxyl groups excluding tert-OH is 1. The fourth-order valence-electron chi connectivity index (χ4n) is 3.32. The van der Waals surface area contributed by atoms with Gasteiger partial charge in [-0.2, -0.15) is 0 Å². The smallest absolute Gasteiger partial charge is 0.410 e. The molecule has 1 N–H and O–H groups in total. The lowest BCUT2D eigenvalue weighted by Gasteiger charge is -2.30. The van der Waals surface area contributed by atoms with Crippen molar-refractivity contribution in [1.82, 2.24) is 4.90 Å². The number of rotatable bonds is 5. The number of hydrogen-bond donors (Lipinski definition) is 1. The van der Waals surface area contributed by atoms with Crippen molar-refractivity contribution in [1.29, 1.82) is 0 Å². The number of amides is 1. The van der Waals surface area contributed by atoms with Crippen molar-refractivity contribution in [2.24, 2.45) is 0 Å². The summed E-state index contributed by atoms with van der Waals surface area (Å²) < 4.78 is 5.53. The largest absolute Gasteiger partial charge is 0.445 e. The van der Waals surface area contributed by atoms with Crippen LogP contribution in [0.1, 0.15) is 48.6 Å². The summed E-state index contributed by atoms with van der Waals surface area (Å²) in [5.74, 6) is 0. The van der Waals surface area contributed by atoms with Crippen molar-refractivity contribution in [2.75, 3.05) is 6.54 Å². The number of carbonyl (C=O) groups excluding carboxylic acids is 1. The van der Waals surface area contributed by atoms with Gasteiger partial charge in [0.15, 0.2) is 0 Å². The zero-order chi connectivity index (χ0) is 17.5. The summed E-state index contributed by atoms with van der Waals surface area (Å²) in [5.41, 5.74) is 0.987. The second-order valence-corrected chi connectivity index (χ2v) is 7.48. The molecule has 1 aliphatic heterocycles. The van der Waals surface area contributed by atoms with Crippen molar-refractivity contribution in [3.05, 3.63) is 58.3 Å². The van der Waals surface area contributed by atoms with E-state index in [2.05, 4.69) is 0 Å². The quantitative estimate of drug-likeness (QED) is 0.838. The van der Waals surface area contributed by atoms with Crippen molar-refractivity contribution < 1.29 is 14.6 Å². The van der Waals surface area contributed by atoms with Crippen LogP contribution in [0.3, 0.4) is 0 Å². The first-order valence-corrected chi connectivity index (χ1v) is 9.81. The van der Waals surface area contributed by atoms with Crippen LogP contribution in [0.25, 0.3) is 0 Å². The van der Waals surface area contributed by atoms with Crippen molar-refractivity contribution in [3.8, 4) is 0 Å². The average molecular weight is 359 g/mol. The number of thiophene rings is 1. The number of hydrogen-bond acceptors (Lipinski definition) is 4. The van der Waals surface area contributed by atoms with E-state index in [1.54, 1.807) is 11.3 Å². The van der Waals surface area contributed by atoms with E-state index < -0.39 is 6.10 Å². The molecule has 134 valence electrons. The number of carbonyl (C=O) groups is 1. The molecule has 3 rings (SSSR count). The van der Waals surface area contributed by atoms with Gasteiger partial charge >= 0.3 is 6.09 Å². The molecule has 0 radical (unpaired) electrons.